The number of anilines is 2. The molecule has 0 aliphatic carbocycles. The van der Waals surface area contributed by atoms with Gasteiger partial charge >= 0.3 is 0 Å². The van der Waals surface area contributed by atoms with Crippen molar-refractivity contribution in [2.75, 3.05) is 42.9 Å². The smallest absolute Gasteiger partial charge is 0.224 e. The summed E-state index contributed by atoms with van der Waals surface area (Å²) in [6, 6.07) is 14.0. The highest BCUT2D eigenvalue weighted by atomic mass is 16.2. The highest BCUT2D eigenvalue weighted by Gasteiger charge is 2.21. The Morgan fingerprint density at radius 2 is 1.97 bits per heavy atom. The lowest BCUT2D eigenvalue weighted by Gasteiger charge is -2.35. The van der Waals surface area contributed by atoms with Crippen molar-refractivity contribution in [1.29, 1.82) is 0 Å². The molecule has 2 aromatic rings. The number of rotatable bonds is 6. The Balaban J connectivity index is 1.43. The number of amides is 1. The molecule has 1 aromatic heterocycles. The molecule has 1 saturated heterocycles. The van der Waals surface area contributed by atoms with Gasteiger partial charge in [-0.1, -0.05) is 32.0 Å². The molecule has 1 aromatic carbocycles. The molecule has 0 spiro atoms. The maximum Gasteiger partial charge on any atom is 0.224 e. The number of pyridine rings is 1. The van der Waals surface area contributed by atoms with Crippen LogP contribution in [0.1, 0.15) is 31.7 Å². The van der Waals surface area contributed by atoms with Crippen molar-refractivity contribution in [1.82, 2.24) is 9.88 Å². The standard InChI is InChI=1S/C22H30N6O/c1-17(2)18-6-5-7-19(16-18)26-22(23)25-11-9-21(29)28-14-12-27(13-15-28)20-8-3-4-10-24-20/h3-8,10,16-17H,9,11-15H2,1-2H3,(H3,23,25,26). The molecule has 7 nitrogen and oxygen atoms in total. The fourth-order valence-electron chi connectivity index (χ4n) is 3.32. The van der Waals surface area contributed by atoms with Gasteiger partial charge in [0.25, 0.3) is 0 Å². The number of carbonyl (C=O) groups is 1. The van der Waals surface area contributed by atoms with Crippen molar-refractivity contribution < 1.29 is 4.79 Å². The van der Waals surface area contributed by atoms with Crippen LogP contribution in [0.15, 0.2) is 53.7 Å². The molecule has 2 heterocycles. The monoisotopic (exact) mass is 394 g/mol. The molecule has 29 heavy (non-hydrogen) atoms. The SMILES string of the molecule is CC(C)c1cccc(NC(N)=NCCC(=O)N2CCN(c3ccccn3)CC2)c1. The number of nitrogens with zero attached hydrogens (tertiary/aromatic N) is 4. The number of hydrogen-bond acceptors (Lipinski definition) is 4. The first-order chi connectivity index (χ1) is 14.0. The summed E-state index contributed by atoms with van der Waals surface area (Å²) in [4.78, 5) is 25.2. The lowest BCUT2D eigenvalue weighted by molar-refractivity contribution is -0.131. The number of nitrogens with one attached hydrogen (secondary N) is 1. The highest BCUT2D eigenvalue weighted by Crippen LogP contribution is 2.18. The molecule has 0 unspecified atom stereocenters. The fourth-order valence-corrected chi connectivity index (χ4v) is 3.32. The normalized spacial score (nSPS) is 14.9. The van der Waals surface area contributed by atoms with Crippen LogP contribution in [0, 0.1) is 0 Å². The minimum Gasteiger partial charge on any atom is -0.370 e. The number of hydrogen-bond donors (Lipinski definition) is 2. The van der Waals surface area contributed by atoms with E-state index in [0.717, 1.165) is 24.6 Å². The van der Waals surface area contributed by atoms with Crippen LogP contribution in [0.4, 0.5) is 11.5 Å². The number of guanidine groups is 1. The molecule has 3 rings (SSSR count). The maximum atomic E-state index is 12.5. The Bertz CT molecular complexity index is 828. The van der Waals surface area contributed by atoms with Crippen LogP contribution in [0.3, 0.4) is 0 Å². The van der Waals surface area contributed by atoms with Gasteiger partial charge in [-0.3, -0.25) is 9.79 Å². The molecule has 0 bridgehead atoms. The third-order valence-electron chi connectivity index (χ3n) is 5.04. The third kappa shape index (κ3) is 5.94. The fraction of sp³-hybridized carbons (Fsp3) is 0.409. The van der Waals surface area contributed by atoms with Crippen molar-refractivity contribution in [3.63, 3.8) is 0 Å². The summed E-state index contributed by atoms with van der Waals surface area (Å²) < 4.78 is 0. The molecule has 3 N–H and O–H groups in total. The van der Waals surface area contributed by atoms with Gasteiger partial charge in [-0.15, -0.1) is 0 Å². The quantitative estimate of drug-likeness (QED) is 0.581. The van der Waals surface area contributed by atoms with E-state index in [0.29, 0.717) is 37.9 Å². The molecular weight excluding hydrogens is 364 g/mol. The van der Waals surface area contributed by atoms with Gasteiger partial charge in [0.05, 0.1) is 6.54 Å². The largest absolute Gasteiger partial charge is 0.370 e. The van der Waals surface area contributed by atoms with E-state index >= 15 is 0 Å². The topological polar surface area (TPSA) is 86.8 Å². The second kappa shape index (κ2) is 9.91. The van der Waals surface area contributed by atoms with Crippen LogP contribution in [-0.4, -0.2) is 54.5 Å². The van der Waals surface area contributed by atoms with Gasteiger partial charge in [0.1, 0.15) is 5.82 Å². The van der Waals surface area contributed by atoms with E-state index in [2.05, 4.69) is 46.2 Å². The second-order valence-electron chi connectivity index (χ2n) is 7.48. The Kier molecular flexibility index (Phi) is 7.05. The van der Waals surface area contributed by atoms with E-state index < -0.39 is 0 Å². The number of carbonyl (C=O) groups excluding carboxylic acids is 1. The number of piperazine rings is 1. The molecule has 0 saturated carbocycles. The van der Waals surface area contributed by atoms with Crippen molar-refractivity contribution in [3.05, 3.63) is 54.2 Å². The molecule has 0 atom stereocenters. The van der Waals surface area contributed by atoms with E-state index in [4.69, 9.17) is 5.73 Å². The minimum absolute atomic E-state index is 0.115. The van der Waals surface area contributed by atoms with E-state index in [1.807, 2.05) is 35.2 Å². The molecular formula is C22H30N6O. The minimum atomic E-state index is 0.115. The van der Waals surface area contributed by atoms with Crippen LogP contribution in [-0.2, 0) is 4.79 Å². The number of benzene rings is 1. The highest BCUT2D eigenvalue weighted by molar-refractivity contribution is 5.92. The van der Waals surface area contributed by atoms with Gasteiger partial charge in [-0.25, -0.2) is 4.98 Å². The molecule has 1 fully saturated rings. The van der Waals surface area contributed by atoms with E-state index in [1.54, 1.807) is 6.20 Å². The number of aromatic nitrogens is 1. The molecule has 0 radical (unpaired) electrons. The summed E-state index contributed by atoms with van der Waals surface area (Å²) in [5, 5.41) is 3.10. The van der Waals surface area contributed by atoms with Gasteiger partial charge in [0, 0.05) is 44.5 Å². The van der Waals surface area contributed by atoms with Gasteiger partial charge in [-0.2, -0.15) is 0 Å². The van der Waals surface area contributed by atoms with Gasteiger partial charge in [0.2, 0.25) is 5.91 Å². The van der Waals surface area contributed by atoms with Crippen LogP contribution < -0.4 is 16.0 Å². The molecule has 1 aliphatic heterocycles. The summed E-state index contributed by atoms with van der Waals surface area (Å²) in [6.45, 7) is 7.67. The van der Waals surface area contributed by atoms with Crippen LogP contribution in [0.2, 0.25) is 0 Å². The van der Waals surface area contributed by atoms with E-state index in [-0.39, 0.29) is 5.91 Å². The lowest BCUT2D eigenvalue weighted by atomic mass is 10.0. The average molecular weight is 395 g/mol. The summed E-state index contributed by atoms with van der Waals surface area (Å²) >= 11 is 0. The summed E-state index contributed by atoms with van der Waals surface area (Å²) in [7, 11) is 0. The molecule has 1 aliphatic rings. The lowest BCUT2D eigenvalue weighted by Crippen LogP contribution is -2.49. The number of aliphatic imine (C=N–C) groups is 1. The molecule has 7 heteroatoms. The van der Waals surface area contributed by atoms with Crippen molar-refractivity contribution >= 4 is 23.4 Å². The zero-order chi connectivity index (χ0) is 20.6. The second-order valence-corrected chi connectivity index (χ2v) is 7.48. The first-order valence-electron chi connectivity index (χ1n) is 10.1. The summed E-state index contributed by atoms with van der Waals surface area (Å²) in [5.74, 6) is 1.86. The maximum absolute atomic E-state index is 12.5. The zero-order valence-corrected chi connectivity index (χ0v) is 17.2. The third-order valence-corrected chi connectivity index (χ3v) is 5.04. The predicted octanol–water partition coefficient (Wildman–Crippen LogP) is 2.67. The average Bonchev–Trinajstić information content (AvgIpc) is 2.74. The van der Waals surface area contributed by atoms with E-state index in [1.165, 1.54) is 5.56 Å². The molecule has 154 valence electrons. The van der Waals surface area contributed by atoms with Crippen LogP contribution in [0.5, 0.6) is 0 Å². The Morgan fingerprint density at radius 3 is 2.66 bits per heavy atom. The summed E-state index contributed by atoms with van der Waals surface area (Å²) in [5.41, 5.74) is 8.13. The first-order valence-corrected chi connectivity index (χ1v) is 10.1. The van der Waals surface area contributed by atoms with Gasteiger partial charge < -0.3 is 20.9 Å². The Morgan fingerprint density at radius 1 is 1.17 bits per heavy atom. The predicted molar refractivity (Wildman–Crippen MR) is 118 cm³/mol. The Labute approximate surface area is 172 Å². The first kappa shape index (κ1) is 20.6. The van der Waals surface area contributed by atoms with Gasteiger partial charge in [0.15, 0.2) is 5.96 Å². The molecule has 1 amide bonds. The van der Waals surface area contributed by atoms with Crippen molar-refractivity contribution in [3.8, 4) is 0 Å². The zero-order valence-electron chi connectivity index (χ0n) is 17.2. The van der Waals surface area contributed by atoms with Crippen LogP contribution >= 0.6 is 0 Å². The van der Waals surface area contributed by atoms with Crippen molar-refractivity contribution in [2.45, 2.75) is 26.2 Å². The van der Waals surface area contributed by atoms with E-state index in [9.17, 15) is 4.79 Å². The van der Waals surface area contributed by atoms with Crippen LogP contribution in [0.25, 0.3) is 0 Å². The Hall–Kier alpha value is -3.09. The van der Waals surface area contributed by atoms with Gasteiger partial charge in [-0.05, 0) is 35.7 Å². The number of nitrogens with two attached hydrogens (primary N) is 1. The van der Waals surface area contributed by atoms with Crippen molar-refractivity contribution in [2.24, 2.45) is 10.7 Å². The summed E-state index contributed by atoms with van der Waals surface area (Å²) in [6.07, 6.45) is 2.15.